The topological polar surface area (TPSA) is 46.5 Å². The lowest BCUT2D eigenvalue weighted by atomic mass is 9.44. The zero-order valence-corrected chi connectivity index (χ0v) is 25.5. The second kappa shape index (κ2) is 9.93. The molecule has 0 aromatic heterocycles. The molecule has 11 atom stereocenters. The van der Waals surface area contributed by atoms with Crippen molar-refractivity contribution < 1.29 is 14.6 Å². The highest BCUT2D eigenvalue weighted by molar-refractivity contribution is 9.12. The molecule has 4 fully saturated rings. The summed E-state index contributed by atoms with van der Waals surface area (Å²) in [5, 5.41) is 10.2. The summed E-state index contributed by atoms with van der Waals surface area (Å²) in [6.07, 6.45) is 12.0. The third-order valence-electron chi connectivity index (χ3n) is 11.1. The van der Waals surface area contributed by atoms with Crippen molar-refractivity contribution in [2.45, 2.75) is 127 Å². The summed E-state index contributed by atoms with van der Waals surface area (Å²) < 4.78 is 5.69. The first kappa shape index (κ1) is 27.4. The predicted octanol–water partition coefficient (Wildman–Crippen LogP) is 7.90. The Morgan fingerprint density at radius 1 is 1.03 bits per heavy atom. The van der Waals surface area contributed by atoms with Crippen molar-refractivity contribution in [1.82, 2.24) is 0 Å². The standard InChI is InChI=1S/C29H48Br2O3/c1-17(8-7-13-27(3,4)33)20-9-10-21-24-22(12-15-28(20,21)5)29(6)14-11-19(34-18(2)32)16-23(29)25(30)26(24)31/h17,19-26,33H,7-16H2,1-6H3/t17-,19+,20-,21+,22+,23-,24+,25+,26+,28-,29-/m1/s1. The SMILES string of the molecule is CC(=O)O[C@H]1CC[C@@]2(C)[C@H](C1)[C@H](Br)[C@@H](Br)[C@@H]1[C@@H]2CC[C@]2(C)[C@@H]([C@H](C)CCCC(C)(C)O)CC[C@@H]12. The summed E-state index contributed by atoms with van der Waals surface area (Å²) in [7, 11) is 0. The smallest absolute Gasteiger partial charge is 0.302 e. The molecule has 5 heteroatoms. The average Bonchev–Trinajstić information content (AvgIpc) is 3.08. The molecule has 0 amide bonds. The van der Waals surface area contributed by atoms with Gasteiger partial charge in [-0.05, 0) is 112 Å². The number of hydrogen-bond acceptors (Lipinski definition) is 3. The van der Waals surface area contributed by atoms with Crippen LogP contribution in [0, 0.1) is 46.3 Å². The fraction of sp³-hybridized carbons (Fsp3) is 0.966. The number of fused-ring (bicyclic) bond motifs is 5. The van der Waals surface area contributed by atoms with Gasteiger partial charge in [-0.15, -0.1) is 0 Å². The lowest BCUT2D eigenvalue weighted by molar-refractivity contribution is -0.158. The van der Waals surface area contributed by atoms with Crippen molar-refractivity contribution in [3.8, 4) is 0 Å². The summed E-state index contributed by atoms with van der Waals surface area (Å²) >= 11 is 8.44. The quantitative estimate of drug-likeness (QED) is 0.248. The van der Waals surface area contributed by atoms with Crippen molar-refractivity contribution >= 4 is 37.8 Å². The highest BCUT2D eigenvalue weighted by atomic mass is 79.9. The first-order chi connectivity index (χ1) is 15.8. The van der Waals surface area contributed by atoms with Crippen molar-refractivity contribution in [2.75, 3.05) is 0 Å². The molecule has 4 aliphatic rings. The molecule has 0 radical (unpaired) electrons. The number of rotatable bonds is 6. The van der Waals surface area contributed by atoms with Gasteiger partial charge in [-0.3, -0.25) is 4.79 Å². The van der Waals surface area contributed by atoms with Crippen LogP contribution >= 0.6 is 31.9 Å². The minimum absolute atomic E-state index is 0.0846. The molecule has 4 rings (SSSR count). The van der Waals surface area contributed by atoms with Crippen molar-refractivity contribution in [3.63, 3.8) is 0 Å². The number of carbonyl (C=O) groups excluding carboxylic acids is 1. The van der Waals surface area contributed by atoms with Crippen LogP contribution in [0.3, 0.4) is 0 Å². The lowest BCUT2D eigenvalue weighted by Crippen LogP contribution is -2.61. The zero-order valence-electron chi connectivity index (χ0n) is 22.3. The highest BCUT2D eigenvalue weighted by Crippen LogP contribution is 2.70. The van der Waals surface area contributed by atoms with E-state index in [1.807, 2.05) is 13.8 Å². The number of aliphatic hydroxyl groups is 1. The molecule has 1 N–H and O–H groups in total. The van der Waals surface area contributed by atoms with Crippen LogP contribution in [0.2, 0.25) is 0 Å². The van der Waals surface area contributed by atoms with E-state index in [1.165, 1.54) is 38.5 Å². The molecule has 34 heavy (non-hydrogen) atoms. The number of carbonyl (C=O) groups is 1. The fourth-order valence-electron chi connectivity index (χ4n) is 9.50. The predicted molar refractivity (Wildman–Crippen MR) is 146 cm³/mol. The van der Waals surface area contributed by atoms with E-state index in [4.69, 9.17) is 4.74 Å². The average molecular weight is 605 g/mol. The summed E-state index contributed by atoms with van der Waals surface area (Å²) in [4.78, 5) is 12.6. The number of esters is 1. The third kappa shape index (κ3) is 4.94. The summed E-state index contributed by atoms with van der Waals surface area (Å²) in [5.74, 6) is 4.23. The molecule has 0 bridgehead atoms. The number of halogens is 2. The molecule has 0 saturated heterocycles. The monoisotopic (exact) mass is 602 g/mol. The molecule has 0 aromatic carbocycles. The summed E-state index contributed by atoms with van der Waals surface area (Å²) in [6, 6.07) is 0. The normalized spacial score (nSPS) is 47.3. The van der Waals surface area contributed by atoms with Crippen LogP contribution in [-0.4, -0.2) is 32.4 Å². The van der Waals surface area contributed by atoms with E-state index in [-0.39, 0.29) is 12.1 Å². The van der Waals surface area contributed by atoms with Gasteiger partial charge in [0.1, 0.15) is 6.10 Å². The Morgan fingerprint density at radius 2 is 1.68 bits per heavy atom. The van der Waals surface area contributed by atoms with Crippen LogP contribution in [0.15, 0.2) is 0 Å². The first-order valence-electron chi connectivity index (χ1n) is 14.0. The molecular formula is C29H48Br2O3. The first-order valence-corrected chi connectivity index (χ1v) is 15.8. The van der Waals surface area contributed by atoms with E-state index in [0.717, 1.165) is 55.3 Å². The van der Waals surface area contributed by atoms with Gasteiger partial charge < -0.3 is 9.84 Å². The van der Waals surface area contributed by atoms with Crippen molar-refractivity contribution in [1.29, 1.82) is 0 Å². The second-order valence-electron chi connectivity index (χ2n) is 13.7. The third-order valence-corrected chi connectivity index (χ3v) is 14.2. The Morgan fingerprint density at radius 3 is 2.32 bits per heavy atom. The van der Waals surface area contributed by atoms with Crippen LogP contribution in [0.4, 0.5) is 0 Å². The van der Waals surface area contributed by atoms with Crippen LogP contribution in [0.5, 0.6) is 0 Å². The van der Waals surface area contributed by atoms with E-state index >= 15 is 0 Å². The Kier molecular flexibility index (Phi) is 8.01. The maximum Gasteiger partial charge on any atom is 0.302 e. The number of ether oxygens (including phenoxy) is 1. The van der Waals surface area contributed by atoms with E-state index in [1.54, 1.807) is 6.92 Å². The van der Waals surface area contributed by atoms with E-state index in [2.05, 4.69) is 52.6 Å². The van der Waals surface area contributed by atoms with Crippen LogP contribution < -0.4 is 0 Å². The minimum atomic E-state index is -0.545. The zero-order chi connectivity index (χ0) is 25.1. The number of hydrogen-bond donors (Lipinski definition) is 1. The van der Waals surface area contributed by atoms with Gasteiger partial charge >= 0.3 is 5.97 Å². The molecule has 196 valence electrons. The van der Waals surface area contributed by atoms with Gasteiger partial charge in [-0.2, -0.15) is 0 Å². The van der Waals surface area contributed by atoms with Gasteiger partial charge in [0.05, 0.1) is 5.60 Å². The lowest BCUT2D eigenvalue weighted by Gasteiger charge is -2.64. The summed E-state index contributed by atoms with van der Waals surface area (Å²) in [6.45, 7) is 13.1. The fourth-order valence-corrected chi connectivity index (χ4v) is 11.8. The second-order valence-corrected chi connectivity index (χ2v) is 15.8. The highest BCUT2D eigenvalue weighted by Gasteiger charge is 2.64. The van der Waals surface area contributed by atoms with Crippen LogP contribution in [0.25, 0.3) is 0 Å². The summed E-state index contributed by atoms with van der Waals surface area (Å²) in [5.41, 5.74) is 0.222. The molecule has 0 aromatic rings. The Hall–Kier alpha value is 0.390. The molecule has 4 aliphatic carbocycles. The Bertz CT molecular complexity index is 750. The molecular weight excluding hydrogens is 556 g/mol. The van der Waals surface area contributed by atoms with Gasteiger partial charge in [0.2, 0.25) is 0 Å². The van der Waals surface area contributed by atoms with Gasteiger partial charge in [0, 0.05) is 16.6 Å². The molecule has 0 unspecified atom stereocenters. The van der Waals surface area contributed by atoms with Crippen LogP contribution in [-0.2, 0) is 9.53 Å². The van der Waals surface area contributed by atoms with Gasteiger partial charge in [0.25, 0.3) is 0 Å². The molecule has 0 aliphatic heterocycles. The minimum Gasteiger partial charge on any atom is -0.463 e. The van der Waals surface area contributed by atoms with Gasteiger partial charge in [0.15, 0.2) is 0 Å². The Labute approximate surface area is 225 Å². The molecule has 3 nitrogen and oxygen atoms in total. The molecule has 0 heterocycles. The Balaban J connectivity index is 1.51. The van der Waals surface area contributed by atoms with E-state index < -0.39 is 5.60 Å². The maximum atomic E-state index is 11.6. The molecule has 4 saturated carbocycles. The van der Waals surface area contributed by atoms with E-state index in [0.29, 0.717) is 26.4 Å². The van der Waals surface area contributed by atoms with E-state index in [9.17, 15) is 9.90 Å². The molecule has 0 spiro atoms. The van der Waals surface area contributed by atoms with Crippen LogP contribution in [0.1, 0.15) is 106 Å². The number of alkyl halides is 2. The van der Waals surface area contributed by atoms with Gasteiger partial charge in [-0.25, -0.2) is 0 Å². The van der Waals surface area contributed by atoms with Crippen molar-refractivity contribution in [3.05, 3.63) is 0 Å². The van der Waals surface area contributed by atoms with Gasteiger partial charge in [-0.1, -0.05) is 65.5 Å². The van der Waals surface area contributed by atoms with Crippen molar-refractivity contribution in [2.24, 2.45) is 46.3 Å². The maximum absolute atomic E-state index is 11.6. The largest absolute Gasteiger partial charge is 0.463 e.